The van der Waals surface area contributed by atoms with E-state index in [1.807, 2.05) is 30.6 Å². The standard InChI is InChI=1S/C34H58N3O4S/c1-2-3-4-5-6-7-8-9-10-11-12-13-14-15-16-20-27-40-31-33(41-34-35-22-21-23-36-34)32-42(38)30-29-39-28-26-37-24-18-17-19-25-37/h17-19,21-25,33H,2-16,20,26-32H2,1H3/q+1. The molecule has 0 aliphatic rings. The third-order valence-corrected chi connectivity index (χ3v) is 8.72. The van der Waals surface area contributed by atoms with E-state index < -0.39 is 10.8 Å². The van der Waals surface area contributed by atoms with Gasteiger partial charge in [-0.2, -0.15) is 0 Å². The quantitative estimate of drug-likeness (QED) is 0.0719. The number of rotatable bonds is 29. The molecule has 2 aromatic rings. The maximum atomic E-state index is 12.7. The van der Waals surface area contributed by atoms with Crippen molar-refractivity contribution in [2.24, 2.45) is 0 Å². The molecule has 0 saturated heterocycles. The summed E-state index contributed by atoms with van der Waals surface area (Å²) >= 11 is 0. The van der Waals surface area contributed by atoms with Crippen LogP contribution in [0.15, 0.2) is 49.1 Å². The zero-order chi connectivity index (χ0) is 29.8. The molecule has 7 nitrogen and oxygen atoms in total. The number of aromatic nitrogens is 3. The molecule has 2 atom stereocenters. The van der Waals surface area contributed by atoms with E-state index in [1.54, 1.807) is 18.5 Å². The molecule has 0 aliphatic carbocycles. The molecule has 0 aromatic carbocycles. The Morgan fingerprint density at radius 3 is 1.86 bits per heavy atom. The highest BCUT2D eigenvalue weighted by molar-refractivity contribution is 7.85. The first-order chi connectivity index (χ1) is 20.8. The van der Waals surface area contributed by atoms with Crippen molar-refractivity contribution in [3.05, 3.63) is 49.1 Å². The van der Waals surface area contributed by atoms with E-state index >= 15 is 0 Å². The van der Waals surface area contributed by atoms with Gasteiger partial charge in [0, 0.05) is 47.7 Å². The average Bonchev–Trinajstić information content (AvgIpc) is 3.01. The third-order valence-electron chi connectivity index (χ3n) is 7.36. The van der Waals surface area contributed by atoms with Gasteiger partial charge in [0.15, 0.2) is 18.9 Å². The van der Waals surface area contributed by atoms with E-state index in [0.29, 0.717) is 43.9 Å². The van der Waals surface area contributed by atoms with Gasteiger partial charge in [-0.3, -0.25) is 4.21 Å². The number of pyridine rings is 1. The van der Waals surface area contributed by atoms with Gasteiger partial charge in [0.05, 0.1) is 19.0 Å². The normalized spacial score (nSPS) is 12.8. The molecule has 2 rings (SSSR count). The highest BCUT2D eigenvalue weighted by Gasteiger charge is 2.17. The Hall–Kier alpha value is -1.90. The van der Waals surface area contributed by atoms with Crippen molar-refractivity contribution < 1.29 is 23.0 Å². The van der Waals surface area contributed by atoms with E-state index in [4.69, 9.17) is 14.2 Å². The summed E-state index contributed by atoms with van der Waals surface area (Å²) < 4.78 is 32.3. The van der Waals surface area contributed by atoms with Crippen LogP contribution in [0.3, 0.4) is 0 Å². The fraction of sp³-hybridized carbons (Fsp3) is 0.735. The van der Waals surface area contributed by atoms with E-state index in [-0.39, 0.29) is 6.10 Å². The van der Waals surface area contributed by atoms with Gasteiger partial charge in [0.2, 0.25) is 0 Å². The Bertz CT molecular complexity index is 876. The molecule has 42 heavy (non-hydrogen) atoms. The molecular weight excluding hydrogens is 546 g/mol. The van der Waals surface area contributed by atoms with Gasteiger partial charge in [-0.15, -0.1) is 0 Å². The first-order valence-electron chi connectivity index (χ1n) is 16.7. The van der Waals surface area contributed by atoms with Crippen molar-refractivity contribution in [3.8, 4) is 6.01 Å². The lowest BCUT2D eigenvalue weighted by atomic mass is 10.0. The third kappa shape index (κ3) is 20.9. The van der Waals surface area contributed by atoms with Crippen LogP contribution in [0.4, 0.5) is 0 Å². The highest BCUT2D eigenvalue weighted by Crippen LogP contribution is 2.14. The second kappa shape index (κ2) is 26.7. The van der Waals surface area contributed by atoms with Gasteiger partial charge >= 0.3 is 6.01 Å². The number of hydrogen-bond donors (Lipinski definition) is 0. The number of ether oxygens (including phenoxy) is 3. The predicted octanol–water partition coefficient (Wildman–Crippen LogP) is 7.26. The lowest BCUT2D eigenvalue weighted by Crippen LogP contribution is -2.35. The van der Waals surface area contributed by atoms with Crippen LogP contribution in [0.2, 0.25) is 0 Å². The predicted molar refractivity (Wildman–Crippen MR) is 172 cm³/mol. The second-order valence-electron chi connectivity index (χ2n) is 11.2. The van der Waals surface area contributed by atoms with E-state index in [0.717, 1.165) is 13.0 Å². The summed E-state index contributed by atoms with van der Waals surface area (Å²) in [6.45, 7) is 5.18. The van der Waals surface area contributed by atoms with Crippen LogP contribution in [-0.2, 0) is 26.8 Å². The lowest BCUT2D eigenvalue weighted by molar-refractivity contribution is -0.698. The van der Waals surface area contributed by atoms with E-state index in [2.05, 4.69) is 21.5 Å². The Balaban J connectivity index is 1.47. The number of unbranched alkanes of at least 4 members (excludes halogenated alkanes) is 15. The van der Waals surface area contributed by atoms with Gasteiger partial charge in [0.1, 0.15) is 12.7 Å². The van der Waals surface area contributed by atoms with Crippen LogP contribution in [0.1, 0.15) is 110 Å². The summed E-state index contributed by atoms with van der Waals surface area (Å²) in [6, 6.07) is 8.02. The summed E-state index contributed by atoms with van der Waals surface area (Å²) in [5.41, 5.74) is 0. The molecule has 2 heterocycles. The van der Waals surface area contributed by atoms with Crippen LogP contribution in [-0.4, -0.2) is 58.2 Å². The summed E-state index contributed by atoms with van der Waals surface area (Å²) in [7, 11) is -1.08. The van der Waals surface area contributed by atoms with Gasteiger partial charge in [-0.25, -0.2) is 14.5 Å². The summed E-state index contributed by atoms with van der Waals surface area (Å²) in [5, 5.41) is 0. The molecule has 0 spiro atoms. The molecule has 0 saturated carbocycles. The van der Waals surface area contributed by atoms with Crippen LogP contribution in [0.25, 0.3) is 0 Å². The topological polar surface area (TPSA) is 74.4 Å². The Morgan fingerprint density at radius 1 is 0.690 bits per heavy atom. The minimum absolute atomic E-state index is 0.293. The average molecular weight is 605 g/mol. The first-order valence-corrected chi connectivity index (χ1v) is 18.1. The largest absolute Gasteiger partial charge is 0.457 e. The van der Waals surface area contributed by atoms with Crippen molar-refractivity contribution in [1.82, 2.24) is 9.97 Å². The maximum absolute atomic E-state index is 12.7. The maximum Gasteiger partial charge on any atom is 0.316 e. The molecule has 8 heteroatoms. The lowest BCUT2D eigenvalue weighted by Gasteiger charge is -2.17. The monoisotopic (exact) mass is 604 g/mol. The van der Waals surface area contributed by atoms with Crippen molar-refractivity contribution in [3.63, 3.8) is 0 Å². The molecular formula is C34H58N3O4S+. The number of nitrogens with zero attached hydrogens (tertiary/aromatic N) is 3. The SMILES string of the molecule is CCCCCCCCCCCCCCCCCCOCC(CS(=O)CCOCC[n+]1ccccc1)Oc1ncccn1. The van der Waals surface area contributed by atoms with Crippen LogP contribution in [0, 0.1) is 0 Å². The summed E-state index contributed by atoms with van der Waals surface area (Å²) in [6.07, 6.45) is 28.6. The van der Waals surface area contributed by atoms with Gasteiger partial charge in [-0.1, -0.05) is 109 Å². The van der Waals surface area contributed by atoms with Gasteiger partial charge < -0.3 is 14.2 Å². The Morgan fingerprint density at radius 2 is 1.26 bits per heavy atom. The molecule has 238 valence electrons. The van der Waals surface area contributed by atoms with Gasteiger partial charge in [-0.05, 0) is 12.5 Å². The minimum Gasteiger partial charge on any atom is -0.457 e. The molecule has 2 aromatic heterocycles. The molecule has 0 aliphatic heterocycles. The molecule has 0 N–H and O–H groups in total. The van der Waals surface area contributed by atoms with E-state index in [1.165, 1.54) is 96.3 Å². The fourth-order valence-corrected chi connectivity index (χ4v) is 5.93. The number of hydrogen-bond acceptors (Lipinski definition) is 6. The summed E-state index contributed by atoms with van der Waals surface area (Å²) in [5.74, 6) is 0.835. The van der Waals surface area contributed by atoms with Crippen molar-refractivity contribution in [1.29, 1.82) is 0 Å². The molecule has 0 fully saturated rings. The summed E-state index contributed by atoms with van der Waals surface area (Å²) in [4.78, 5) is 8.31. The first kappa shape index (κ1) is 36.3. The van der Waals surface area contributed by atoms with Crippen LogP contribution < -0.4 is 9.30 Å². The van der Waals surface area contributed by atoms with Gasteiger partial charge in [0.25, 0.3) is 0 Å². The van der Waals surface area contributed by atoms with Crippen LogP contribution >= 0.6 is 0 Å². The van der Waals surface area contributed by atoms with Crippen molar-refractivity contribution >= 4 is 10.8 Å². The molecule has 2 unspecified atom stereocenters. The smallest absolute Gasteiger partial charge is 0.316 e. The molecule has 0 amide bonds. The highest BCUT2D eigenvalue weighted by atomic mass is 32.2. The zero-order valence-electron chi connectivity index (χ0n) is 26.3. The Kier molecular flexibility index (Phi) is 23.1. The van der Waals surface area contributed by atoms with E-state index in [9.17, 15) is 4.21 Å². The van der Waals surface area contributed by atoms with Crippen molar-refractivity contribution in [2.75, 3.05) is 37.9 Å². The van der Waals surface area contributed by atoms with Crippen molar-refractivity contribution in [2.45, 2.75) is 122 Å². The van der Waals surface area contributed by atoms with Crippen LogP contribution in [0.5, 0.6) is 6.01 Å². The molecule has 0 radical (unpaired) electrons. The zero-order valence-corrected chi connectivity index (χ0v) is 27.2. The fourth-order valence-electron chi connectivity index (χ4n) is 4.88. The Labute approximate surface area is 258 Å². The minimum atomic E-state index is -1.08. The molecule has 0 bridgehead atoms. The second-order valence-corrected chi connectivity index (χ2v) is 12.8.